The Labute approximate surface area is 175 Å². The number of carbonyl (C=O) groups excluding carboxylic acids is 1. The van der Waals surface area contributed by atoms with Gasteiger partial charge in [0.05, 0.1) is 12.2 Å². The van der Waals surface area contributed by atoms with Gasteiger partial charge in [-0.3, -0.25) is 4.79 Å². The van der Waals surface area contributed by atoms with Crippen molar-refractivity contribution < 1.29 is 9.90 Å². The maximum absolute atomic E-state index is 13.8. The number of aromatic amines is 1. The van der Waals surface area contributed by atoms with Crippen LogP contribution in [-0.4, -0.2) is 16.0 Å². The number of hydrogen-bond donors (Lipinski definition) is 2. The molecular weight excluding hydrogens is 372 g/mol. The number of hydrogen-bond acceptors (Lipinski definition) is 2. The Morgan fingerprint density at radius 1 is 0.967 bits per heavy atom. The van der Waals surface area contributed by atoms with Crippen LogP contribution in [0.5, 0.6) is 0 Å². The smallest absolute Gasteiger partial charge is 0.268 e. The number of fused-ring (bicyclic) bond motifs is 2. The second-order valence-corrected chi connectivity index (χ2v) is 8.22. The highest BCUT2D eigenvalue weighted by Crippen LogP contribution is 2.48. The van der Waals surface area contributed by atoms with Crippen molar-refractivity contribution in [3.63, 3.8) is 0 Å². The zero-order valence-electron chi connectivity index (χ0n) is 17.4. The fraction of sp³-hybridized carbons (Fsp3) is 0.192. The Morgan fingerprint density at radius 2 is 1.70 bits per heavy atom. The van der Waals surface area contributed by atoms with Gasteiger partial charge in [0, 0.05) is 27.7 Å². The van der Waals surface area contributed by atoms with Gasteiger partial charge >= 0.3 is 0 Å². The third-order valence-corrected chi connectivity index (χ3v) is 6.23. The minimum Gasteiger partial charge on any atom is -0.372 e. The van der Waals surface area contributed by atoms with Crippen molar-refractivity contribution in [1.29, 1.82) is 0 Å². The highest BCUT2D eigenvalue weighted by Gasteiger charge is 2.52. The molecule has 1 aliphatic rings. The lowest BCUT2D eigenvalue weighted by Gasteiger charge is -2.24. The molecule has 30 heavy (non-hydrogen) atoms. The zero-order valence-corrected chi connectivity index (χ0v) is 17.4. The molecule has 0 aliphatic carbocycles. The number of nitrogens with zero attached hydrogens (tertiary/aromatic N) is 1. The van der Waals surface area contributed by atoms with E-state index in [1.807, 2.05) is 62.4 Å². The minimum atomic E-state index is -1.72. The first-order chi connectivity index (χ1) is 14.4. The van der Waals surface area contributed by atoms with Crippen molar-refractivity contribution in [3.8, 4) is 0 Å². The molecule has 4 heteroatoms. The van der Waals surface area contributed by atoms with Crippen LogP contribution in [0.2, 0.25) is 0 Å². The number of benzene rings is 3. The van der Waals surface area contributed by atoms with Gasteiger partial charge in [0.25, 0.3) is 5.91 Å². The fourth-order valence-corrected chi connectivity index (χ4v) is 4.72. The molecule has 3 aromatic carbocycles. The molecule has 1 aromatic heterocycles. The Balaban J connectivity index is 1.70. The molecule has 0 fully saturated rings. The van der Waals surface area contributed by atoms with Crippen molar-refractivity contribution in [2.24, 2.45) is 0 Å². The summed E-state index contributed by atoms with van der Waals surface area (Å²) < 4.78 is 0. The van der Waals surface area contributed by atoms with E-state index in [-0.39, 0.29) is 5.91 Å². The summed E-state index contributed by atoms with van der Waals surface area (Å²) in [6.45, 7) is 6.44. The average Bonchev–Trinajstić information content (AvgIpc) is 3.18. The predicted molar refractivity (Wildman–Crippen MR) is 120 cm³/mol. The van der Waals surface area contributed by atoms with Gasteiger partial charge in [-0.1, -0.05) is 60.2 Å². The van der Waals surface area contributed by atoms with Gasteiger partial charge in [-0.05, 0) is 44.0 Å². The van der Waals surface area contributed by atoms with Crippen LogP contribution >= 0.6 is 0 Å². The zero-order chi connectivity index (χ0) is 21.0. The number of para-hydroxylation sites is 2. The number of carbonyl (C=O) groups is 1. The molecule has 0 bridgehead atoms. The number of rotatable bonds is 3. The molecule has 0 spiro atoms. The lowest BCUT2D eigenvalue weighted by molar-refractivity contribution is -0.132. The molecule has 0 saturated carbocycles. The molecule has 2 heterocycles. The Kier molecular flexibility index (Phi) is 4.09. The van der Waals surface area contributed by atoms with E-state index in [4.69, 9.17) is 0 Å². The summed E-state index contributed by atoms with van der Waals surface area (Å²) in [5.74, 6) is -0.308. The largest absolute Gasteiger partial charge is 0.372 e. The van der Waals surface area contributed by atoms with E-state index in [9.17, 15) is 9.90 Å². The maximum Gasteiger partial charge on any atom is 0.268 e. The summed E-state index contributed by atoms with van der Waals surface area (Å²) in [4.78, 5) is 18.9. The van der Waals surface area contributed by atoms with Crippen LogP contribution in [0.25, 0.3) is 10.9 Å². The van der Waals surface area contributed by atoms with Gasteiger partial charge in [-0.25, -0.2) is 0 Å². The predicted octanol–water partition coefficient (Wildman–Crippen LogP) is 4.88. The van der Waals surface area contributed by atoms with Crippen molar-refractivity contribution in [2.45, 2.75) is 32.9 Å². The van der Waals surface area contributed by atoms with Gasteiger partial charge in [0.2, 0.25) is 0 Å². The van der Waals surface area contributed by atoms with Crippen LogP contribution in [-0.2, 0) is 16.9 Å². The second kappa shape index (κ2) is 6.57. The van der Waals surface area contributed by atoms with Gasteiger partial charge in [0.1, 0.15) is 0 Å². The van der Waals surface area contributed by atoms with E-state index >= 15 is 0 Å². The summed E-state index contributed by atoms with van der Waals surface area (Å²) in [7, 11) is 0. The highest BCUT2D eigenvalue weighted by molar-refractivity contribution is 6.11. The number of aliphatic hydroxyl groups is 1. The summed E-state index contributed by atoms with van der Waals surface area (Å²) >= 11 is 0. The van der Waals surface area contributed by atoms with Crippen molar-refractivity contribution in [1.82, 2.24) is 4.98 Å². The SMILES string of the molecule is Cc1ccc(C)c(CN2C(=O)[C@@](O)(c3c(C)[nH]c4ccccc34)c3ccccc32)c1. The number of amides is 1. The Morgan fingerprint density at radius 3 is 2.53 bits per heavy atom. The van der Waals surface area contributed by atoms with Crippen LogP contribution in [0.1, 0.15) is 33.5 Å². The first kappa shape index (κ1) is 18.6. The molecule has 0 saturated heterocycles. The first-order valence-corrected chi connectivity index (χ1v) is 10.2. The van der Waals surface area contributed by atoms with E-state index in [1.165, 1.54) is 0 Å². The summed E-state index contributed by atoms with van der Waals surface area (Å²) in [5.41, 5.74) is 5.38. The van der Waals surface area contributed by atoms with Gasteiger partial charge < -0.3 is 15.0 Å². The number of anilines is 1. The van der Waals surface area contributed by atoms with Crippen LogP contribution < -0.4 is 4.90 Å². The second-order valence-electron chi connectivity index (χ2n) is 8.22. The van der Waals surface area contributed by atoms with Gasteiger partial charge in [0.15, 0.2) is 5.60 Å². The standard InChI is InChI=1S/C26H24N2O2/c1-16-12-13-17(2)19(14-16)15-28-23-11-7-5-9-21(23)26(30,25(28)29)24-18(3)27-22-10-6-4-8-20(22)24/h4-14,27,30H,15H2,1-3H3/t26-/m0/s1. The Bertz CT molecular complexity index is 1300. The lowest BCUT2D eigenvalue weighted by atomic mass is 9.85. The first-order valence-electron chi connectivity index (χ1n) is 10.2. The molecule has 0 radical (unpaired) electrons. The third kappa shape index (κ3) is 2.54. The molecule has 5 rings (SSSR count). The molecule has 0 unspecified atom stereocenters. The molecule has 1 aliphatic heterocycles. The fourth-order valence-electron chi connectivity index (χ4n) is 4.72. The van der Waals surface area contributed by atoms with Gasteiger partial charge in [-0.15, -0.1) is 0 Å². The number of aryl methyl sites for hydroxylation is 3. The molecule has 2 N–H and O–H groups in total. The quantitative estimate of drug-likeness (QED) is 0.519. The number of nitrogens with one attached hydrogen (secondary N) is 1. The van der Waals surface area contributed by atoms with Crippen molar-refractivity contribution in [2.75, 3.05) is 4.90 Å². The monoisotopic (exact) mass is 396 g/mol. The third-order valence-electron chi connectivity index (χ3n) is 6.23. The lowest BCUT2D eigenvalue weighted by Crippen LogP contribution is -2.41. The van der Waals surface area contributed by atoms with E-state index in [1.54, 1.807) is 4.90 Å². The van der Waals surface area contributed by atoms with E-state index in [0.29, 0.717) is 17.7 Å². The van der Waals surface area contributed by atoms with E-state index < -0.39 is 5.60 Å². The molecule has 4 aromatic rings. The molecule has 1 amide bonds. The van der Waals surface area contributed by atoms with Crippen LogP contribution in [0.15, 0.2) is 66.7 Å². The molecule has 1 atom stereocenters. The van der Waals surface area contributed by atoms with Gasteiger partial charge in [-0.2, -0.15) is 0 Å². The van der Waals surface area contributed by atoms with Crippen molar-refractivity contribution in [3.05, 3.63) is 100 Å². The maximum atomic E-state index is 13.8. The number of aromatic nitrogens is 1. The normalized spacial score (nSPS) is 18.3. The highest BCUT2D eigenvalue weighted by atomic mass is 16.3. The average molecular weight is 396 g/mol. The summed E-state index contributed by atoms with van der Waals surface area (Å²) in [5, 5.41) is 12.9. The van der Waals surface area contributed by atoms with E-state index in [0.717, 1.165) is 39.0 Å². The van der Waals surface area contributed by atoms with Crippen LogP contribution in [0, 0.1) is 20.8 Å². The molecule has 150 valence electrons. The Hall–Kier alpha value is -3.37. The summed E-state index contributed by atoms with van der Waals surface area (Å²) in [6, 6.07) is 21.6. The molecule has 4 nitrogen and oxygen atoms in total. The number of H-pyrrole nitrogens is 1. The summed E-state index contributed by atoms with van der Waals surface area (Å²) in [6.07, 6.45) is 0. The van der Waals surface area contributed by atoms with Crippen LogP contribution in [0.4, 0.5) is 5.69 Å². The van der Waals surface area contributed by atoms with Crippen molar-refractivity contribution >= 4 is 22.5 Å². The minimum absolute atomic E-state index is 0.308. The molecular formula is C26H24N2O2. The topological polar surface area (TPSA) is 56.3 Å². The van der Waals surface area contributed by atoms with E-state index in [2.05, 4.69) is 30.1 Å². The van der Waals surface area contributed by atoms with Crippen LogP contribution in [0.3, 0.4) is 0 Å².